The van der Waals surface area contributed by atoms with Gasteiger partial charge in [-0.1, -0.05) is 32.0 Å². The molecule has 1 fully saturated rings. The third kappa shape index (κ3) is 3.53. The highest BCUT2D eigenvalue weighted by atomic mass is 16.5. The van der Waals surface area contributed by atoms with Gasteiger partial charge in [-0.05, 0) is 37.8 Å². The van der Waals surface area contributed by atoms with Crippen LogP contribution >= 0.6 is 0 Å². The minimum Gasteiger partial charge on any atom is -0.496 e. The van der Waals surface area contributed by atoms with E-state index in [0.717, 1.165) is 31.6 Å². The average Bonchev–Trinajstić information content (AvgIpc) is 2.42. The van der Waals surface area contributed by atoms with Crippen molar-refractivity contribution in [3.8, 4) is 5.75 Å². The Labute approximate surface area is 122 Å². The molecule has 2 rings (SSSR count). The molecular weight excluding hydrogens is 250 g/mol. The van der Waals surface area contributed by atoms with Gasteiger partial charge in [0.2, 0.25) is 0 Å². The molecule has 112 valence electrons. The highest BCUT2D eigenvalue weighted by Crippen LogP contribution is 2.37. The molecular formula is C17H27NO2. The maximum absolute atomic E-state index is 10.3. The number of ether oxygens (including phenoxy) is 1. The molecule has 3 heteroatoms. The van der Waals surface area contributed by atoms with E-state index in [-0.39, 0.29) is 12.1 Å². The van der Waals surface area contributed by atoms with Crippen LogP contribution in [0, 0.1) is 5.41 Å². The molecule has 1 aromatic rings. The fourth-order valence-corrected chi connectivity index (χ4v) is 3.20. The Balaban J connectivity index is 2.08. The molecule has 0 aromatic heterocycles. The van der Waals surface area contributed by atoms with Crippen LogP contribution in [0.1, 0.15) is 38.7 Å². The van der Waals surface area contributed by atoms with E-state index in [1.165, 1.54) is 5.56 Å². The number of aliphatic hydroxyl groups is 1. The van der Waals surface area contributed by atoms with E-state index in [1.807, 2.05) is 18.2 Å². The van der Waals surface area contributed by atoms with Gasteiger partial charge in [0.05, 0.1) is 13.2 Å². The molecule has 2 atom stereocenters. The molecule has 20 heavy (non-hydrogen) atoms. The van der Waals surface area contributed by atoms with Crippen LogP contribution < -0.4 is 4.74 Å². The van der Waals surface area contributed by atoms with Crippen LogP contribution in [-0.4, -0.2) is 36.3 Å². The number of para-hydroxylation sites is 1. The maximum Gasteiger partial charge on any atom is 0.123 e. The fraction of sp³-hybridized carbons (Fsp3) is 0.647. The van der Waals surface area contributed by atoms with Crippen molar-refractivity contribution in [1.82, 2.24) is 4.90 Å². The predicted octanol–water partition coefficient (Wildman–Crippen LogP) is 3.07. The van der Waals surface area contributed by atoms with Gasteiger partial charge in [0.1, 0.15) is 5.75 Å². The Bertz CT molecular complexity index is 444. The Morgan fingerprint density at radius 2 is 2.05 bits per heavy atom. The summed E-state index contributed by atoms with van der Waals surface area (Å²) in [6, 6.07) is 8.33. The van der Waals surface area contributed by atoms with Gasteiger partial charge in [0, 0.05) is 18.2 Å². The van der Waals surface area contributed by atoms with Crippen molar-refractivity contribution in [2.75, 3.05) is 14.2 Å². The molecule has 0 radical (unpaired) electrons. The smallest absolute Gasteiger partial charge is 0.123 e. The van der Waals surface area contributed by atoms with Gasteiger partial charge < -0.3 is 9.84 Å². The summed E-state index contributed by atoms with van der Waals surface area (Å²) in [6.45, 7) is 5.40. The standard InChI is InChI=1S/C17H27NO2/c1-17(2)10-9-15(19)14(11-17)18(3)12-13-7-5-6-8-16(13)20-4/h5-8,14-15,19H,9-12H2,1-4H3. The molecule has 0 aliphatic heterocycles. The van der Waals surface area contributed by atoms with Crippen LogP contribution in [0.3, 0.4) is 0 Å². The SMILES string of the molecule is COc1ccccc1CN(C)C1CC(C)(C)CCC1O. The first kappa shape index (κ1) is 15.3. The molecule has 0 spiro atoms. The number of hydrogen-bond donors (Lipinski definition) is 1. The molecule has 1 N–H and O–H groups in total. The summed E-state index contributed by atoms with van der Waals surface area (Å²) >= 11 is 0. The zero-order valence-corrected chi connectivity index (χ0v) is 13.1. The lowest BCUT2D eigenvalue weighted by Crippen LogP contribution is -2.47. The number of benzene rings is 1. The van der Waals surface area contributed by atoms with Gasteiger partial charge in [0.25, 0.3) is 0 Å². The second-order valence-electron chi connectivity index (χ2n) is 6.77. The van der Waals surface area contributed by atoms with Gasteiger partial charge in [-0.3, -0.25) is 4.90 Å². The molecule has 0 saturated heterocycles. The van der Waals surface area contributed by atoms with Crippen molar-refractivity contribution in [3.63, 3.8) is 0 Å². The second-order valence-corrected chi connectivity index (χ2v) is 6.77. The first-order valence-electron chi connectivity index (χ1n) is 7.43. The lowest BCUT2D eigenvalue weighted by atomic mass is 9.73. The second kappa shape index (κ2) is 6.15. The Morgan fingerprint density at radius 1 is 1.35 bits per heavy atom. The summed E-state index contributed by atoms with van der Waals surface area (Å²) < 4.78 is 5.41. The minimum atomic E-state index is -0.220. The number of rotatable bonds is 4. The van der Waals surface area contributed by atoms with Crippen LogP contribution in [0.5, 0.6) is 5.75 Å². The highest BCUT2D eigenvalue weighted by molar-refractivity contribution is 5.33. The maximum atomic E-state index is 10.3. The molecule has 0 amide bonds. The third-order valence-corrected chi connectivity index (χ3v) is 4.50. The van der Waals surface area contributed by atoms with Crippen molar-refractivity contribution < 1.29 is 9.84 Å². The van der Waals surface area contributed by atoms with Gasteiger partial charge >= 0.3 is 0 Å². The monoisotopic (exact) mass is 277 g/mol. The third-order valence-electron chi connectivity index (χ3n) is 4.50. The quantitative estimate of drug-likeness (QED) is 0.918. The summed E-state index contributed by atoms with van der Waals surface area (Å²) in [7, 11) is 3.80. The zero-order chi connectivity index (χ0) is 14.8. The lowest BCUT2D eigenvalue weighted by molar-refractivity contribution is -0.0103. The first-order valence-corrected chi connectivity index (χ1v) is 7.43. The van der Waals surface area contributed by atoms with E-state index in [9.17, 15) is 5.11 Å². The number of nitrogens with zero attached hydrogens (tertiary/aromatic N) is 1. The van der Waals surface area contributed by atoms with Crippen molar-refractivity contribution >= 4 is 0 Å². The average molecular weight is 277 g/mol. The van der Waals surface area contributed by atoms with Crippen LogP contribution in [0.4, 0.5) is 0 Å². The van der Waals surface area contributed by atoms with Crippen LogP contribution in [0.25, 0.3) is 0 Å². The fourth-order valence-electron chi connectivity index (χ4n) is 3.20. The normalized spacial score (nSPS) is 25.7. The molecule has 0 heterocycles. The van der Waals surface area contributed by atoms with Gasteiger partial charge in [0.15, 0.2) is 0 Å². The molecule has 2 unspecified atom stereocenters. The molecule has 1 aromatic carbocycles. The van der Waals surface area contributed by atoms with Gasteiger partial charge in [-0.15, -0.1) is 0 Å². The number of likely N-dealkylation sites (N-methyl/N-ethyl adjacent to an activating group) is 1. The summed E-state index contributed by atoms with van der Waals surface area (Å²) in [5.41, 5.74) is 1.49. The number of methoxy groups -OCH3 is 1. The zero-order valence-electron chi connectivity index (χ0n) is 13.1. The van der Waals surface area contributed by atoms with Crippen molar-refractivity contribution in [2.24, 2.45) is 5.41 Å². The van der Waals surface area contributed by atoms with E-state index in [4.69, 9.17) is 4.74 Å². The number of hydrogen-bond acceptors (Lipinski definition) is 3. The summed E-state index contributed by atoms with van der Waals surface area (Å²) in [6.07, 6.45) is 2.82. The Morgan fingerprint density at radius 3 is 2.75 bits per heavy atom. The highest BCUT2D eigenvalue weighted by Gasteiger charge is 2.36. The summed E-state index contributed by atoms with van der Waals surface area (Å²) in [5, 5.41) is 10.3. The Kier molecular flexibility index (Phi) is 4.71. The molecule has 1 aliphatic rings. The molecule has 3 nitrogen and oxygen atoms in total. The van der Waals surface area contributed by atoms with E-state index in [2.05, 4.69) is 31.9 Å². The van der Waals surface area contributed by atoms with Gasteiger partial charge in [-0.2, -0.15) is 0 Å². The summed E-state index contributed by atoms with van der Waals surface area (Å²) in [5.74, 6) is 0.920. The van der Waals surface area contributed by atoms with Crippen molar-refractivity contribution in [1.29, 1.82) is 0 Å². The van der Waals surface area contributed by atoms with Crippen LogP contribution in [-0.2, 0) is 6.54 Å². The summed E-state index contributed by atoms with van der Waals surface area (Å²) in [4.78, 5) is 2.27. The largest absolute Gasteiger partial charge is 0.496 e. The van der Waals surface area contributed by atoms with Crippen molar-refractivity contribution in [3.05, 3.63) is 29.8 Å². The van der Waals surface area contributed by atoms with Crippen molar-refractivity contribution in [2.45, 2.75) is 51.8 Å². The molecule has 1 saturated carbocycles. The Hall–Kier alpha value is -1.06. The van der Waals surface area contributed by atoms with Gasteiger partial charge in [-0.25, -0.2) is 0 Å². The first-order chi connectivity index (χ1) is 9.43. The van der Waals surface area contributed by atoms with E-state index in [1.54, 1.807) is 7.11 Å². The molecule has 1 aliphatic carbocycles. The van der Waals surface area contributed by atoms with E-state index in [0.29, 0.717) is 5.41 Å². The topological polar surface area (TPSA) is 32.7 Å². The van der Waals surface area contributed by atoms with Crippen LogP contribution in [0.15, 0.2) is 24.3 Å². The van der Waals surface area contributed by atoms with E-state index >= 15 is 0 Å². The van der Waals surface area contributed by atoms with E-state index < -0.39 is 0 Å². The predicted molar refractivity (Wildman–Crippen MR) is 81.9 cm³/mol. The lowest BCUT2D eigenvalue weighted by Gasteiger charge is -2.42. The van der Waals surface area contributed by atoms with Crippen LogP contribution in [0.2, 0.25) is 0 Å². The molecule has 0 bridgehead atoms. The minimum absolute atomic E-state index is 0.220. The number of aliphatic hydroxyl groups excluding tert-OH is 1.